The zero-order valence-corrected chi connectivity index (χ0v) is 7.98. The van der Waals surface area contributed by atoms with Gasteiger partial charge in [-0.15, -0.1) is 0 Å². The summed E-state index contributed by atoms with van der Waals surface area (Å²) in [6.07, 6.45) is 2.19. The molecule has 0 heterocycles. The van der Waals surface area contributed by atoms with Gasteiger partial charge < -0.3 is 5.11 Å². The molecule has 1 N–H and O–H groups in total. The molecular formula is C11H6FNO3. The van der Waals surface area contributed by atoms with Gasteiger partial charge in [0.05, 0.1) is 5.56 Å². The summed E-state index contributed by atoms with van der Waals surface area (Å²) in [4.78, 5) is 20.9. The van der Waals surface area contributed by atoms with Crippen molar-refractivity contribution in [3.63, 3.8) is 0 Å². The molecule has 1 aromatic rings. The second-order valence-electron chi connectivity index (χ2n) is 2.83. The molecule has 0 bridgehead atoms. The molecule has 0 aliphatic rings. The van der Waals surface area contributed by atoms with Crippen LogP contribution in [0.25, 0.3) is 6.08 Å². The number of hydrogen-bond donors (Lipinski definition) is 1. The van der Waals surface area contributed by atoms with Gasteiger partial charge in [-0.25, -0.2) is 9.18 Å². The van der Waals surface area contributed by atoms with Gasteiger partial charge in [0.2, 0.25) is 0 Å². The van der Waals surface area contributed by atoms with Crippen molar-refractivity contribution >= 4 is 18.3 Å². The van der Waals surface area contributed by atoms with Gasteiger partial charge in [-0.2, -0.15) is 5.26 Å². The molecule has 0 aromatic heterocycles. The van der Waals surface area contributed by atoms with E-state index in [2.05, 4.69) is 0 Å². The van der Waals surface area contributed by atoms with E-state index in [9.17, 15) is 14.0 Å². The molecule has 0 aliphatic heterocycles. The number of halogens is 1. The first-order valence-corrected chi connectivity index (χ1v) is 4.19. The van der Waals surface area contributed by atoms with Crippen molar-refractivity contribution in [1.29, 1.82) is 5.26 Å². The number of rotatable bonds is 3. The van der Waals surface area contributed by atoms with Crippen LogP contribution in [-0.2, 0) is 4.79 Å². The van der Waals surface area contributed by atoms with Gasteiger partial charge in [-0.05, 0) is 18.2 Å². The highest BCUT2D eigenvalue weighted by Crippen LogP contribution is 2.18. The van der Waals surface area contributed by atoms with Crippen LogP contribution >= 0.6 is 0 Å². The van der Waals surface area contributed by atoms with E-state index in [1.165, 1.54) is 6.07 Å². The Morgan fingerprint density at radius 1 is 1.50 bits per heavy atom. The molecule has 1 rings (SSSR count). The van der Waals surface area contributed by atoms with E-state index in [0.717, 1.165) is 18.2 Å². The maximum absolute atomic E-state index is 13.2. The molecule has 0 fully saturated rings. The number of hydrogen-bond acceptors (Lipinski definition) is 3. The first-order chi connectivity index (χ1) is 7.60. The average molecular weight is 219 g/mol. The van der Waals surface area contributed by atoms with Crippen LogP contribution in [-0.4, -0.2) is 17.4 Å². The smallest absolute Gasteiger partial charge is 0.328 e. The van der Waals surface area contributed by atoms with Crippen LogP contribution in [0, 0.1) is 17.1 Å². The maximum atomic E-state index is 13.2. The zero-order valence-electron chi connectivity index (χ0n) is 7.98. The fraction of sp³-hybridized carbons (Fsp3) is 0. The third-order valence-corrected chi connectivity index (χ3v) is 1.86. The third-order valence-electron chi connectivity index (χ3n) is 1.86. The predicted octanol–water partition coefficient (Wildman–Crippen LogP) is 1.61. The summed E-state index contributed by atoms with van der Waals surface area (Å²) in [5, 5.41) is 17.1. The minimum Gasteiger partial charge on any atom is -0.478 e. The molecule has 16 heavy (non-hydrogen) atoms. The second kappa shape index (κ2) is 4.84. The Morgan fingerprint density at radius 2 is 2.19 bits per heavy atom. The average Bonchev–Trinajstić information content (AvgIpc) is 2.26. The molecule has 80 valence electrons. The number of aldehydes is 1. The highest BCUT2D eigenvalue weighted by molar-refractivity contribution is 5.90. The van der Waals surface area contributed by atoms with Crippen LogP contribution < -0.4 is 0 Å². The van der Waals surface area contributed by atoms with Gasteiger partial charge in [-0.3, -0.25) is 4.79 Å². The van der Waals surface area contributed by atoms with E-state index < -0.39 is 11.8 Å². The lowest BCUT2D eigenvalue weighted by molar-refractivity contribution is -0.131. The minimum absolute atomic E-state index is 0.0279. The molecule has 0 radical (unpaired) electrons. The quantitative estimate of drug-likeness (QED) is 0.618. The lowest BCUT2D eigenvalue weighted by Crippen LogP contribution is -1.96. The van der Waals surface area contributed by atoms with Gasteiger partial charge in [0.1, 0.15) is 11.9 Å². The van der Waals surface area contributed by atoms with Crippen LogP contribution in [0.5, 0.6) is 0 Å². The van der Waals surface area contributed by atoms with Crippen molar-refractivity contribution in [2.24, 2.45) is 0 Å². The Balaban J connectivity index is 3.43. The van der Waals surface area contributed by atoms with Crippen molar-refractivity contribution in [2.45, 2.75) is 0 Å². The van der Waals surface area contributed by atoms with Crippen molar-refractivity contribution in [3.8, 4) is 6.07 Å². The molecule has 4 nitrogen and oxygen atoms in total. The number of benzene rings is 1. The number of aliphatic carboxylic acids is 1. The van der Waals surface area contributed by atoms with E-state index in [4.69, 9.17) is 10.4 Å². The van der Waals surface area contributed by atoms with Crippen LogP contribution in [0.2, 0.25) is 0 Å². The van der Waals surface area contributed by atoms with Gasteiger partial charge in [-0.1, -0.05) is 0 Å². The molecular weight excluding hydrogens is 213 g/mol. The summed E-state index contributed by atoms with van der Waals surface area (Å²) in [6.45, 7) is 0. The molecule has 0 spiro atoms. The number of carboxylic acid groups (broad SMARTS) is 1. The lowest BCUT2D eigenvalue weighted by atomic mass is 10.0. The number of nitriles is 1. The molecule has 0 aliphatic carbocycles. The fourth-order valence-electron chi connectivity index (χ4n) is 1.16. The van der Waals surface area contributed by atoms with Crippen molar-refractivity contribution in [2.75, 3.05) is 0 Å². The van der Waals surface area contributed by atoms with Crippen molar-refractivity contribution in [3.05, 3.63) is 40.7 Å². The second-order valence-corrected chi connectivity index (χ2v) is 2.83. The standard InChI is InChI=1S/C11H6FNO3/c12-10-3-1-7(6-14)8(9(10)5-13)2-4-11(15)16/h1-4,6H,(H,15,16)/b4-2+. The van der Waals surface area contributed by atoms with Crippen LogP contribution in [0.15, 0.2) is 18.2 Å². The Hall–Kier alpha value is -2.48. The van der Waals surface area contributed by atoms with Crippen LogP contribution in [0.1, 0.15) is 21.5 Å². The highest BCUT2D eigenvalue weighted by Gasteiger charge is 2.10. The number of nitrogens with zero attached hydrogens (tertiary/aromatic N) is 1. The number of carbonyl (C=O) groups is 2. The monoisotopic (exact) mass is 219 g/mol. The molecule has 0 saturated carbocycles. The first-order valence-electron chi connectivity index (χ1n) is 4.19. The van der Waals surface area contributed by atoms with E-state index >= 15 is 0 Å². The predicted molar refractivity (Wildman–Crippen MR) is 53.2 cm³/mol. The zero-order chi connectivity index (χ0) is 12.1. The SMILES string of the molecule is N#Cc1c(F)ccc(C=O)c1/C=C/C(=O)O. The van der Waals surface area contributed by atoms with Crippen LogP contribution in [0.3, 0.4) is 0 Å². The molecule has 1 aromatic carbocycles. The summed E-state index contributed by atoms with van der Waals surface area (Å²) >= 11 is 0. The molecule has 0 saturated heterocycles. The maximum Gasteiger partial charge on any atom is 0.328 e. The topological polar surface area (TPSA) is 78.2 Å². The van der Waals surface area contributed by atoms with Gasteiger partial charge in [0, 0.05) is 17.2 Å². The van der Waals surface area contributed by atoms with Crippen LogP contribution in [0.4, 0.5) is 4.39 Å². The van der Waals surface area contributed by atoms with E-state index in [1.54, 1.807) is 6.07 Å². The number of carbonyl (C=O) groups excluding carboxylic acids is 1. The highest BCUT2D eigenvalue weighted by atomic mass is 19.1. The molecule has 0 atom stereocenters. The van der Waals surface area contributed by atoms with E-state index in [0.29, 0.717) is 6.29 Å². The Morgan fingerprint density at radius 3 is 2.69 bits per heavy atom. The number of carboxylic acids is 1. The lowest BCUT2D eigenvalue weighted by Gasteiger charge is -2.02. The molecule has 5 heteroatoms. The summed E-state index contributed by atoms with van der Waals surface area (Å²) in [6, 6.07) is 3.76. The van der Waals surface area contributed by atoms with Crippen molar-refractivity contribution < 1.29 is 19.1 Å². The Labute approximate surface area is 90.2 Å². The fourth-order valence-corrected chi connectivity index (χ4v) is 1.16. The summed E-state index contributed by atoms with van der Waals surface area (Å²) in [5.41, 5.74) is -0.308. The molecule has 0 amide bonds. The van der Waals surface area contributed by atoms with E-state index in [1.807, 2.05) is 0 Å². The largest absolute Gasteiger partial charge is 0.478 e. The van der Waals surface area contributed by atoms with Gasteiger partial charge >= 0.3 is 5.97 Å². The van der Waals surface area contributed by atoms with Crippen molar-refractivity contribution in [1.82, 2.24) is 0 Å². The molecule has 0 unspecified atom stereocenters. The van der Waals surface area contributed by atoms with Gasteiger partial charge in [0.25, 0.3) is 0 Å². The van der Waals surface area contributed by atoms with E-state index in [-0.39, 0.29) is 16.7 Å². The Kier molecular flexibility index (Phi) is 3.51. The third kappa shape index (κ3) is 2.30. The summed E-state index contributed by atoms with van der Waals surface area (Å²) < 4.78 is 13.2. The normalized spacial score (nSPS) is 10.0. The van der Waals surface area contributed by atoms with Gasteiger partial charge in [0.15, 0.2) is 6.29 Å². The summed E-state index contributed by atoms with van der Waals surface area (Å²) in [7, 11) is 0. The minimum atomic E-state index is -1.25. The first kappa shape index (κ1) is 11.6. The summed E-state index contributed by atoms with van der Waals surface area (Å²) in [5.74, 6) is -2.04. The Bertz CT molecular complexity index is 515.